The van der Waals surface area contributed by atoms with Gasteiger partial charge in [-0.3, -0.25) is 0 Å². The van der Waals surface area contributed by atoms with Crippen LogP contribution in [0.2, 0.25) is 5.02 Å². The highest BCUT2D eigenvalue weighted by molar-refractivity contribution is 9.10. The molecule has 0 amide bonds. The first-order valence-corrected chi connectivity index (χ1v) is 4.62. The van der Waals surface area contributed by atoms with E-state index in [4.69, 9.17) is 11.6 Å². The van der Waals surface area contributed by atoms with Crippen LogP contribution in [0.5, 0.6) is 0 Å². The zero-order chi connectivity index (χ0) is 11.8. The SMILES string of the molecule is FC(F)c1nc(Br)c(Cl)cc1C(F)(F)F. The van der Waals surface area contributed by atoms with Gasteiger partial charge in [0.15, 0.2) is 0 Å². The number of alkyl halides is 5. The van der Waals surface area contributed by atoms with Crippen LogP contribution in [0.1, 0.15) is 17.7 Å². The highest BCUT2D eigenvalue weighted by Crippen LogP contribution is 2.38. The van der Waals surface area contributed by atoms with Crippen molar-refractivity contribution in [2.75, 3.05) is 0 Å². The molecule has 1 rings (SSSR count). The van der Waals surface area contributed by atoms with Gasteiger partial charge < -0.3 is 0 Å². The van der Waals surface area contributed by atoms with Gasteiger partial charge in [0.05, 0.1) is 10.6 Å². The number of nitrogens with zero attached hydrogens (tertiary/aromatic N) is 1. The Balaban J connectivity index is 3.42. The van der Waals surface area contributed by atoms with Crippen LogP contribution in [0.25, 0.3) is 0 Å². The first-order valence-electron chi connectivity index (χ1n) is 3.44. The fraction of sp³-hybridized carbons (Fsp3) is 0.286. The number of halogens is 7. The van der Waals surface area contributed by atoms with Crippen LogP contribution in [0, 0.1) is 0 Å². The highest BCUT2D eigenvalue weighted by atomic mass is 79.9. The summed E-state index contributed by atoms with van der Waals surface area (Å²) in [4.78, 5) is 3.05. The van der Waals surface area contributed by atoms with Gasteiger partial charge in [-0.05, 0) is 22.0 Å². The van der Waals surface area contributed by atoms with Gasteiger partial charge in [-0.1, -0.05) is 11.6 Å². The molecule has 1 aromatic heterocycles. The van der Waals surface area contributed by atoms with E-state index in [9.17, 15) is 22.0 Å². The lowest BCUT2D eigenvalue weighted by Crippen LogP contribution is -2.11. The Morgan fingerprint density at radius 2 is 1.87 bits per heavy atom. The van der Waals surface area contributed by atoms with E-state index in [-0.39, 0.29) is 9.63 Å². The zero-order valence-electron chi connectivity index (χ0n) is 6.75. The predicted molar refractivity (Wildman–Crippen MR) is 46.9 cm³/mol. The van der Waals surface area contributed by atoms with E-state index in [0.29, 0.717) is 6.07 Å². The van der Waals surface area contributed by atoms with Gasteiger partial charge in [-0.15, -0.1) is 0 Å². The van der Waals surface area contributed by atoms with E-state index in [1.807, 2.05) is 0 Å². The van der Waals surface area contributed by atoms with Gasteiger partial charge in [0.25, 0.3) is 6.43 Å². The molecule has 0 unspecified atom stereocenters. The molecule has 8 heteroatoms. The first-order chi connectivity index (χ1) is 6.73. The van der Waals surface area contributed by atoms with Crippen LogP contribution in [0.4, 0.5) is 22.0 Å². The number of pyridine rings is 1. The summed E-state index contributed by atoms with van der Waals surface area (Å²) in [6.07, 6.45) is -8.21. The average Bonchev–Trinajstić information content (AvgIpc) is 2.06. The summed E-state index contributed by atoms with van der Waals surface area (Å²) in [6.45, 7) is 0. The number of hydrogen-bond donors (Lipinski definition) is 0. The molecule has 0 N–H and O–H groups in total. The van der Waals surface area contributed by atoms with Crippen molar-refractivity contribution in [3.63, 3.8) is 0 Å². The molecule has 1 nitrogen and oxygen atoms in total. The van der Waals surface area contributed by atoms with E-state index in [2.05, 4.69) is 20.9 Å². The Morgan fingerprint density at radius 1 is 1.33 bits per heavy atom. The summed E-state index contributed by atoms with van der Waals surface area (Å²) < 4.78 is 61.1. The third-order valence-corrected chi connectivity index (χ3v) is 2.60. The third kappa shape index (κ3) is 2.78. The quantitative estimate of drug-likeness (QED) is 0.551. The van der Waals surface area contributed by atoms with Crippen LogP contribution in [-0.2, 0) is 6.18 Å². The summed E-state index contributed by atoms with van der Waals surface area (Å²) >= 11 is 8.01. The van der Waals surface area contributed by atoms with Gasteiger partial charge in [0, 0.05) is 0 Å². The van der Waals surface area contributed by atoms with Crippen molar-refractivity contribution in [3.05, 3.63) is 26.9 Å². The Kier molecular flexibility index (Phi) is 3.55. The molecule has 0 atom stereocenters. The average molecular weight is 310 g/mol. The van der Waals surface area contributed by atoms with Crippen molar-refractivity contribution in [2.45, 2.75) is 12.6 Å². The summed E-state index contributed by atoms with van der Waals surface area (Å²) in [7, 11) is 0. The topological polar surface area (TPSA) is 12.9 Å². The Morgan fingerprint density at radius 3 is 2.27 bits per heavy atom. The maximum Gasteiger partial charge on any atom is 0.418 e. The molecular formula is C7H2BrClF5N. The van der Waals surface area contributed by atoms with Crippen molar-refractivity contribution in [2.24, 2.45) is 0 Å². The van der Waals surface area contributed by atoms with Crippen molar-refractivity contribution in [1.82, 2.24) is 4.98 Å². The fourth-order valence-corrected chi connectivity index (χ4v) is 1.33. The molecule has 0 fully saturated rings. The fourth-order valence-electron chi connectivity index (χ4n) is 0.873. The predicted octanol–water partition coefficient (Wildman–Crippen LogP) is 4.45. The standard InChI is InChI=1S/C7H2BrClF5N/c8-5-3(9)1-2(7(12,13)14)4(15-5)6(10)11/h1,6H. The van der Waals surface area contributed by atoms with E-state index in [0.717, 1.165) is 0 Å². The number of rotatable bonds is 1. The molecule has 0 saturated carbocycles. The summed E-state index contributed by atoms with van der Waals surface area (Å²) in [6, 6.07) is 0.417. The van der Waals surface area contributed by atoms with Gasteiger partial charge in [0.1, 0.15) is 10.3 Å². The van der Waals surface area contributed by atoms with Crippen LogP contribution in [-0.4, -0.2) is 4.98 Å². The smallest absolute Gasteiger partial charge is 0.238 e. The molecule has 0 aromatic carbocycles. The normalized spacial score (nSPS) is 12.3. The molecule has 84 valence electrons. The minimum absolute atomic E-state index is 0.243. The zero-order valence-corrected chi connectivity index (χ0v) is 9.09. The number of aromatic nitrogens is 1. The molecule has 0 aliphatic heterocycles. The Hall–Kier alpha value is -0.430. The maximum absolute atomic E-state index is 12.3. The summed E-state index contributed by atoms with van der Waals surface area (Å²) in [5, 5.41) is -0.369. The van der Waals surface area contributed by atoms with E-state index in [1.54, 1.807) is 0 Å². The third-order valence-electron chi connectivity index (χ3n) is 1.47. The molecule has 1 heterocycles. The maximum atomic E-state index is 12.3. The highest BCUT2D eigenvalue weighted by Gasteiger charge is 2.37. The molecule has 0 aliphatic carbocycles. The molecule has 1 aromatic rings. The van der Waals surface area contributed by atoms with Gasteiger partial charge in [-0.2, -0.15) is 13.2 Å². The Labute approximate surface area is 94.4 Å². The number of hydrogen-bond acceptors (Lipinski definition) is 1. The molecule has 0 saturated heterocycles. The summed E-state index contributed by atoms with van der Waals surface area (Å²) in [5.74, 6) is 0. The van der Waals surface area contributed by atoms with Gasteiger partial charge >= 0.3 is 6.18 Å². The minimum atomic E-state index is -4.90. The van der Waals surface area contributed by atoms with Crippen molar-refractivity contribution in [1.29, 1.82) is 0 Å². The second kappa shape index (κ2) is 4.21. The second-order valence-corrected chi connectivity index (χ2v) is 3.65. The lowest BCUT2D eigenvalue weighted by Gasteiger charge is -2.12. The second-order valence-electron chi connectivity index (χ2n) is 2.49. The van der Waals surface area contributed by atoms with E-state index < -0.39 is 23.9 Å². The van der Waals surface area contributed by atoms with Crippen LogP contribution < -0.4 is 0 Å². The van der Waals surface area contributed by atoms with E-state index in [1.165, 1.54) is 0 Å². The largest absolute Gasteiger partial charge is 0.418 e. The molecule has 0 aliphatic rings. The van der Waals surface area contributed by atoms with Crippen LogP contribution in [0.15, 0.2) is 10.7 Å². The van der Waals surface area contributed by atoms with Crippen LogP contribution >= 0.6 is 27.5 Å². The lowest BCUT2D eigenvalue weighted by molar-refractivity contribution is -0.139. The van der Waals surface area contributed by atoms with Crippen molar-refractivity contribution >= 4 is 27.5 Å². The Bertz CT molecular complexity index is 378. The van der Waals surface area contributed by atoms with Crippen LogP contribution in [0.3, 0.4) is 0 Å². The molecule has 15 heavy (non-hydrogen) atoms. The molecule has 0 spiro atoms. The molecule has 0 radical (unpaired) electrons. The molecular weight excluding hydrogens is 308 g/mol. The van der Waals surface area contributed by atoms with Crippen molar-refractivity contribution in [3.8, 4) is 0 Å². The van der Waals surface area contributed by atoms with Gasteiger partial charge in [0.2, 0.25) is 0 Å². The lowest BCUT2D eigenvalue weighted by atomic mass is 10.2. The monoisotopic (exact) mass is 309 g/mol. The van der Waals surface area contributed by atoms with E-state index >= 15 is 0 Å². The van der Waals surface area contributed by atoms with Gasteiger partial charge in [-0.25, -0.2) is 13.8 Å². The van der Waals surface area contributed by atoms with Crippen molar-refractivity contribution < 1.29 is 22.0 Å². The molecule has 0 bridgehead atoms. The first kappa shape index (κ1) is 12.6. The summed E-state index contributed by atoms with van der Waals surface area (Å²) in [5.41, 5.74) is -2.86. The minimum Gasteiger partial charge on any atom is -0.238 e.